The Morgan fingerprint density at radius 1 is 1.25 bits per heavy atom. The lowest BCUT2D eigenvalue weighted by Gasteiger charge is -2.14. The van der Waals surface area contributed by atoms with Crippen LogP contribution in [0.4, 0.5) is 30.6 Å². The second kappa shape index (κ2) is 6.80. The fourth-order valence-corrected chi connectivity index (χ4v) is 3.36. The average Bonchev–Trinajstić information content (AvgIpc) is 3.32. The van der Waals surface area contributed by atoms with E-state index < -0.39 is 11.7 Å². The van der Waals surface area contributed by atoms with Crippen molar-refractivity contribution in [2.75, 3.05) is 17.2 Å². The van der Waals surface area contributed by atoms with Gasteiger partial charge < -0.3 is 15.2 Å². The van der Waals surface area contributed by atoms with Gasteiger partial charge in [-0.3, -0.25) is 4.68 Å². The number of hydrogen-bond donors (Lipinski definition) is 2. The first kappa shape index (κ1) is 18.3. The molecule has 0 unspecified atom stereocenters. The van der Waals surface area contributed by atoms with Gasteiger partial charge in [0.1, 0.15) is 23.2 Å². The number of halogens is 3. The van der Waals surface area contributed by atoms with Crippen molar-refractivity contribution in [1.29, 1.82) is 0 Å². The van der Waals surface area contributed by atoms with Gasteiger partial charge in [-0.25, -0.2) is 9.97 Å². The molecule has 0 aromatic carbocycles. The van der Waals surface area contributed by atoms with Gasteiger partial charge in [0.2, 0.25) is 5.95 Å². The van der Waals surface area contributed by atoms with Gasteiger partial charge in [0, 0.05) is 31.7 Å². The summed E-state index contributed by atoms with van der Waals surface area (Å²) in [5.74, 6) is 0.757. The lowest BCUT2D eigenvalue weighted by molar-refractivity contribution is -0.137. The molecule has 0 aliphatic carbocycles. The van der Waals surface area contributed by atoms with Gasteiger partial charge in [-0.2, -0.15) is 23.3 Å². The first-order valence-corrected chi connectivity index (χ1v) is 8.88. The summed E-state index contributed by atoms with van der Waals surface area (Å²) >= 11 is 0. The summed E-state index contributed by atoms with van der Waals surface area (Å²) in [5, 5.41) is 10.0. The zero-order chi connectivity index (χ0) is 19.9. The fraction of sp³-hybridized carbons (Fsp3) is 0.412. The van der Waals surface area contributed by atoms with Crippen molar-refractivity contribution < 1.29 is 13.2 Å². The van der Waals surface area contributed by atoms with E-state index in [0.29, 0.717) is 12.2 Å². The summed E-state index contributed by atoms with van der Waals surface area (Å²) in [5.41, 5.74) is 0.562. The molecule has 4 heterocycles. The third-order valence-electron chi connectivity index (χ3n) is 4.71. The maximum atomic E-state index is 13.1. The van der Waals surface area contributed by atoms with Crippen LogP contribution in [-0.4, -0.2) is 35.8 Å². The number of hydrogen-bond acceptors (Lipinski definition) is 6. The molecule has 4 rings (SSSR count). The molecule has 0 saturated carbocycles. The molecule has 0 fully saturated rings. The summed E-state index contributed by atoms with van der Waals surface area (Å²) in [4.78, 5) is 12.2. The number of alkyl halides is 3. The van der Waals surface area contributed by atoms with Crippen molar-refractivity contribution in [2.24, 2.45) is 0 Å². The highest BCUT2D eigenvalue weighted by molar-refractivity contribution is 5.58. The van der Waals surface area contributed by atoms with Gasteiger partial charge in [-0.1, -0.05) is 0 Å². The van der Waals surface area contributed by atoms with Gasteiger partial charge >= 0.3 is 6.18 Å². The van der Waals surface area contributed by atoms with E-state index in [9.17, 15) is 13.2 Å². The Bertz CT molecular complexity index is 991. The molecular formula is C17H19F3N8. The van der Waals surface area contributed by atoms with E-state index in [1.165, 1.54) is 0 Å². The second-order valence-electron chi connectivity index (χ2n) is 6.48. The molecule has 0 radical (unpaired) electrons. The molecule has 0 saturated heterocycles. The number of nitrogens with zero attached hydrogens (tertiary/aromatic N) is 6. The van der Waals surface area contributed by atoms with E-state index in [0.717, 1.165) is 30.7 Å². The molecule has 1 atom stereocenters. The lowest BCUT2D eigenvalue weighted by Crippen LogP contribution is -2.14. The van der Waals surface area contributed by atoms with Gasteiger partial charge in [-0.05, 0) is 20.3 Å². The van der Waals surface area contributed by atoms with Crippen LogP contribution in [0.5, 0.6) is 0 Å². The van der Waals surface area contributed by atoms with Crippen molar-refractivity contribution in [3.8, 4) is 0 Å². The Balaban J connectivity index is 1.60. The van der Waals surface area contributed by atoms with Crippen LogP contribution in [0.25, 0.3) is 0 Å². The summed E-state index contributed by atoms with van der Waals surface area (Å²) in [7, 11) is 0. The van der Waals surface area contributed by atoms with Crippen molar-refractivity contribution in [1.82, 2.24) is 29.3 Å². The molecule has 28 heavy (non-hydrogen) atoms. The first-order chi connectivity index (χ1) is 13.4. The summed E-state index contributed by atoms with van der Waals surface area (Å²) < 4.78 is 43.3. The van der Waals surface area contributed by atoms with E-state index >= 15 is 0 Å². The molecular weight excluding hydrogens is 373 g/mol. The zero-order valence-corrected chi connectivity index (χ0v) is 15.3. The fourth-order valence-electron chi connectivity index (χ4n) is 3.36. The summed E-state index contributed by atoms with van der Waals surface area (Å²) in [6.45, 7) is 4.77. The van der Waals surface area contributed by atoms with Crippen molar-refractivity contribution >= 4 is 17.5 Å². The Morgan fingerprint density at radius 3 is 2.82 bits per heavy atom. The van der Waals surface area contributed by atoms with Gasteiger partial charge in [-0.15, -0.1) is 0 Å². The van der Waals surface area contributed by atoms with Crippen molar-refractivity contribution in [2.45, 2.75) is 39.0 Å². The Hall–Kier alpha value is -3.11. The highest BCUT2D eigenvalue weighted by Crippen LogP contribution is 2.35. The molecule has 3 aromatic heterocycles. The Morgan fingerprint density at radius 2 is 2.07 bits per heavy atom. The number of anilines is 3. The zero-order valence-electron chi connectivity index (χ0n) is 15.3. The van der Waals surface area contributed by atoms with Crippen LogP contribution in [-0.2, 0) is 12.7 Å². The smallest absolute Gasteiger partial charge is 0.370 e. The molecule has 0 bridgehead atoms. The number of rotatable bonds is 5. The van der Waals surface area contributed by atoms with Gasteiger partial charge in [0.15, 0.2) is 0 Å². The molecule has 2 N–H and O–H groups in total. The van der Waals surface area contributed by atoms with Crippen LogP contribution in [0.3, 0.4) is 0 Å². The number of nitrogens with one attached hydrogen (secondary N) is 2. The van der Waals surface area contributed by atoms with E-state index in [-0.39, 0.29) is 17.8 Å². The third-order valence-corrected chi connectivity index (χ3v) is 4.71. The van der Waals surface area contributed by atoms with Gasteiger partial charge in [0.25, 0.3) is 0 Å². The standard InChI is InChI=1S/C17H19F3N8/c1-3-21-14-11(17(18,19)20)8-23-16(26-14)25-12-9-24-28(10(12)2)13-4-6-27-7-5-22-15(13)27/h5,7-9,13H,3-4,6H2,1-2H3,(H2,21,23,25,26)/t13-/m0/s1. The molecule has 8 nitrogen and oxygen atoms in total. The van der Waals surface area contributed by atoms with Crippen LogP contribution < -0.4 is 10.6 Å². The van der Waals surface area contributed by atoms with E-state index in [1.54, 1.807) is 19.3 Å². The number of imidazole rings is 1. The van der Waals surface area contributed by atoms with E-state index in [1.807, 2.05) is 17.8 Å². The SMILES string of the molecule is CCNc1nc(Nc2cnn([C@H]3CCn4ccnc43)c2C)ncc1C(F)(F)F. The molecule has 1 aliphatic rings. The highest BCUT2D eigenvalue weighted by Gasteiger charge is 2.35. The molecule has 1 aliphatic heterocycles. The maximum Gasteiger partial charge on any atom is 0.421 e. The second-order valence-corrected chi connectivity index (χ2v) is 6.48. The molecule has 0 amide bonds. The maximum absolute atomic E-state index is 13.1. The van der Waals surface area contributed by atoms with Crippen molar-refractivity contribution in [3.63, 3.8) is 0 Å². The normalized spacial score (nSPS) is 16.2. The van der Waals surface area contributed by atoms with Crippen LogP contribution >= 0.6 is 0 Å². The Kier molecular flexibility index (Phi) is 4.44. The average molecular weight is 392 g/mol. The minimum Gasteiger partial charge on any atom is -0.370 e. The topological polar surface area (TPSA) is 85.5 Å². The number of aromatic nitrogens is 6. The number of aryl methyl sites for hydroxylation is 1. The van der Waals surface area contributed by atoms with Crippen LogP contribution in [0.2, 0.25) is 0 Å². The molecule has 3 aromatic rings. The predicted octanol–water partition coefficient (Wildman–Crippen LogP) is 3.37. The molecule has 11 heteroatoms. The van der Waals surface area contributed by atoms with Gasteiger partial charge in [0.05, 0.1) is 17.6 Å². The predicted molar refractivity (Wildman–Crippen MR) is 96.4 cm³/mol. The van der Waals surface area contributed by atoms with E-state index in [2.05, 4.69) is 35.3 Å². The molecule has 148 valence electrons. The largest absolute Gasteiger partial charge is 0.421 e. The minimum absolute atomic E-state index is 0.0244. The van der Waals surface area contributed by atoms with Crippen LogP contribution in [0.1, 0.15) is 36.5 Å². The lowest BCUT2D eigenvalue weighted by atomic mass is 10.2. The summed E-state index contributed by atoms with van der Waals surface area (Å²) in [6.07, 6.45) is 2.45. The number of fused-ring (bicyclic) bond motifs is 1. The third kappa shape index (κ3) is 3.16. The van der Waals surface area contributed by atoms with Crippen LogP contribution in [0, 0.1) is 6.92 Å². The van der Waals surface area contributed by atoms with Crippen LogP contribution in [0.15, 0.2) is 24.8 Å². The Labute approximate surface area is 158 Å². The highest BCUT2D eigenvalue weighted by atomic mass is 19.4. The van der Waals surface area contributed by atoms with E-state index in [4.69, 9.17) is 0 Å². The minimum atomic E-state index is -4.53. The monoisotopic (exact) mass is 392 g/mol. The summed E-state index contributed by atoms with van der Waals surface area (Å²) in [6, 6.07) is 0.0244. The van der Waals surface area contributed by atoms with Crippen molar-refractivity contribution in [3.05, 3.63) is 41.9 Å². The first-order valence-electron chi connectivity index (χ1n) is 8.88. The quantitative estimate of drug-likeness (QED) is 0.693. The molecule has 0 spiro atoms.